The van der Waals surface area contributed by atoms with Gasteiger partial charge >= 0.3 is 0 Å². The van der Waals surface area contributed by atoms with Crippen molar-refractivity contribution < 1.29 is 4.84 Å². The predicted octanol–water partition coefficient (Wildman–Crippen LogP) is 5.76. The molecule has 3 aromatic rings. The van der Waals surface area contributed by atoms with Gasteiger partial charge in [0.1, 0.15) is 0 Å². The molecular formula is C24H24N2O. The summed E-state index contributed by atoms with van der Waals surface area (Å²) in [5, 5.41) is 2.00. The summed E-state index contributed by atoms with van der Waals surface area (Å²) in [4.78, 5) is 11.2. The molecule has 0 fully saturated rings. The van der Waals surface area contributed by atoms with Gasteiger partial charge in [-0.3, -0.25) is 0 Å². The third kappa shape index (κ3) is 3.64. The van der Waals surface area contributed by atoms with Crippen LogP contribution in [0.3, 0.4) is 0 Å². The smallest absolute Gasteiger partial charge is 0.243 e. The summed E-state index contributed by atoms with van der Waals surface area (Å²) in [6.07, 6.45) is -0.169. The lowest BCUT2D eigenvalue weighted by atomic mass is 10.1. The Kier molecular flexibility index (Phi) is 4.78. The molecule has 1 heterocycles. The molecule has 0 radical (unpaired) electrons. The zero-order chi connectivity index (χ0) is 18.8. The van der Waals surface area contributed by atoms with E-state index in [0.717, 1.165) is 11.1 Å². The average Bonchev–Trinajstić information content (AvgIpc) is 3.14. The topological polar surface area (TPSA) is 24.8 Å². The van der Waals surface area contributed by atoms with Gasteiger partial charge < -0.3 is 4.84 Å². The molecule has 0 aliphatic carbocycles. The second-order valence-corrected chi connectivity index (χ2v) is 7.12. The van der Waals surface area contributed by atoms with E-state index in [4.69, 9.17) is 9.83 Å². The Hall–Kier alpha value is -2.91. The fourth-order valence-corrected chi connectivity index (χ4v) is 3.29. The van der Waals surface area contributed by atoms with Crippen molar-refractivity contribution in [3.63, 3.8) is 0 Å². The number of hydrogen-bond acceptors (Lipinski definition) is 3. The van der Waals surface area contributed by atoms with Crippen LogP contribution in [0.2, 0.25) is 0 Å². The molecule has 0 N–H and O–H groups in total. The Labute approximate surface area is 160 Å². The number of nitrogens with zero attached hydrogens (tertiary/aromatic N) is 2. The van der Waals surface area contributed by atoms with Crippen LogP contribution in [0.4, 0.5) is 0 Å². The second-order valence-electron chi connectivity index (χ2n) is 7.12. The predicted molar refractivity (Wildman–Crippen MR) is 109 cm³/mol. The van der Waals surface area contributed by atoms with Gasteiger partial charge in [-0.25, -0.2) is 4.99 Å². The van der Waals surface area contributed by atoms with Crippen LogP contribution in [-0.4, -0.2) is 11.0 Å². The largest absolute Gasteiger partial charge is 0.382 e. The van der Waals surface area contributed by atoms with Crippen LogP contribution in [0.15, 0.2) is 83.9 Å². The summed E-state index contributed by atoms with van der Waals surface area (Å²) in [5.41, 5.74) is 5.80. The molecule has 0 saturated carbocycles. The van der Waals surface area contributed by atoms with Crippen LogP contribution in [-0.2, 0) is 4.84 Å². The monoisotopic (exact) mass is 356 g/mol. The van der Waals surface area contributed by atoms with Gasteiger partial charge in [0.25, 0.3) is 0 Å². The van der Waals surface area contributed by atoms with E-state index in [0.29, 0.717) is 5.90 Å². The zero-order valence-corrected chi connectivity index (χ0v) is 16.0. The first-order valence-corrected chi connectivity index (χ1v) is 9.34. The fraction of sp³-hybridized carbons (Fsp3) is 0.208. The Morgan fingerprint density at radius 3 is 2.04 bits per heavy atom. The van der Waals surface area contributed by atoms with E-state index in [1.807, 2.05) is 11.1 Å². The Bertz CT molecular complexity index is 930. The standard InChI is InChI=1S/C24H24N2O/c1-17-9-13-21(14-10-17)23-25-24(22-15-11-18(2)12-16-22)27-26(23)19(3)20-7-5-4-6-8-20/h4-16,19,23H,1-3H3/t19-,23-/m1/s1. The molecule has 27 heavy (non-hydrogen) atoms. The van der Waals surface area contributed by atoms with Crippen molar-refractivity contribution in [3.05, 3.63) is 107 Å². The van der Waals surface area contributed by atoms with Crippen molar-refractivity contribution in [1.29, 1.82) is 0 Å². The number of hydrogen-bond donors (Lipinski definition) is 0. The Morgan fingerprint density at radius 1 is 0.815 bits per heavy atom. The molecule has 3 nitrogen and oxygen atoms in total. The van der Waals surface area contributed by atoms with Crippen molar-refractivity contribution in [1.82, 2.24) is 5.06 Å². The number of aryl methyl sites for hydroxylation is 2. The van der Waals surface area contributed by atoms with Gasteiger partial charge in [0.05, 0.1) is 6.04 Å². The van der Waals surface area contributed by atoms with Crippen LogP contribution in [0.1, 0.15) is 46.9 Å². The minimum Gasteiger partial charge on any atom is -0.382 e. The number of benzene rings is 3. The van der Waals surface area contributed by atoms with E-state index in [1.54, 1.807) is 0 Å². The van der Waals surface area contributed by atoms with E-state index in [1.165, 1.54) is 16.7 Å². The molecule has 136 valence electrons. The highest BCUT2D eigenvalue weighted by molar-refractivity contribution is 5.94. The van der Waals surface area contributed by atoms with Crippen molar-refractivity contribution in [2.75, 3.05) is 0 Å². The summed E-state index contributed by atoms with van der Waals surface area (Å²) in [7, 11) is 0. The maximum absolute atomic E-state index is 6.28. The Balaban J connectivity index is 1.71. The van der Waals surface area contributed by atoms with Crippen LogP contribution >= 0.6 is 0 Å². The first-order valence-electron chi connectivity index (χ1n) is 9.34. The lowest BCUT2D eigenvalue weighted by Crippen LogP contribution is -2.27. The van der Waals surface area contributed by atoms with Crippen LogP contribution in [0, 0.1) is 13.8 Å². The molecule has 4 rings (SSSR count). The molecule has 3 aromatic carbocycles. The zero-order valence-electron chi connectivity index (χ0n) is 16.0. The van der Waals surface area contributed by atoms with Crippen molar-refractivity contribution >= 4 is 5.90 Å². The van der Waals surface area contributed by atoms with E-state index in [2.05, 4.69) is 93.6 Å². The fourth-order valence-electron chi connectivity index (χ4n) is 3.29. The molecule has 0 aromatic heterocycles. The van der Waals surface area contributed by atoms with Crippen LogP contribution in [0.25, 0.3) is 0 Å². The number of aliphatic imine (C=N–C) groups is 1. The van der Waals surface area contributed by atoms with Gasteiger partial charge in [-0.1, -0.05) is 77.9 Å². The summed E-state index contributed by atoms with van der Waals surface area (Å²) >= 11 is 0. The molecule has 0 bridgehead atoms. The van der Waals surface area contributed by atoms with Gasteiger partial charge in [0, 0.05) is 5.56 Å². The third-order valence-electron chi connectivity index (χ3n) is 5.01. The van der Waals surface area contributed by atoms with E-state index < -0.39 is 0 Å². The van der Waals surface area contributed by atoms with E-state index >= 15 is 0 Å². The third-order valence-corrected chi connectivity index (χ3v) is 5.01. The van der Waals surface area contributed by atoms with Crippen LogP contribution in [0.5, 0.6) is 0 Å². The second kappa shape index (κ2) is 7.37. The molecule has 0 saturated heterocycles. The molecular weight excluding hydrogens is 332 g/mol. The molecule has 2 atom stereocenters. The molecule has 0 amide bonds. The lowest BCUT2D eigenvalue weighted by Gasteiger charge is -2.28. The van der Waals surface area contributed by atoms with Crippen LogP contribution < -0.4 is 0 Å². The molecule has 0 unspecified atom stereocenters. The van der Waals surface area contributed by atoms with Crippen molar-refractivity contribution in [2.24, 2.45) is 4.99 Å². The van der Waals surface area contributed by atoms with Gasteiger partial charge in [-0.05, 0) is 44.0 Å². The first-order chi connectivity index (χ1) is 13.1. The molecule has 1 aliphatic heterocycles. The molecule has 1 aliphatic rings. The molecule has 3 heteroatoms. The van der Waals surface area contributed by atoms with Gasteiger partial charge in [0.15, 0.2) is 6.17 Å². The normalized spacial score (nSPS) is 18.0. The SMILES string of the molecule is Cc1ccc(C2=N[C@@H](c3ccc(C)cc3)N([C@H](C)c3ccccc3)O2)cc1. The summed E-state index contributed by atoms with van der Waals surface area (Å²) < 4.78 is 0. The summed E-state index contributed by atoms with van der Waals surface area (Å²) in [6, 6.07) is 27.3. The molecule has 0 spiro atoms. The maximum Gasteiger partial charge on any atom is 0.243 e. The van der Waals surface area contributed by atoms with Crippen molar-refractivity contribution in [3.8, 4) is 0 Å². The summed E-state index contributed by atoms with van der Waals surface area (Å²) in [6.45, 7) is 6.34. The highest BCUT2D eigenvalue weighted by atomic mass is 16.7. The van der Waals surface area contributed by atoms with Gasteiger partial charge in [0.2, 0.25) is 5.90 Å². The highest BCUT2D eigenvalue weighted by Gasteiger charge is 2.35. The highest BCUT2D eigenvalue weighted by Crippen LogP contribution is 2.37. The average molecular weight is 356 g/mol. The Morgan fingerprint density at radius 2 is 1.41 bits per heavy atom. The van der Waals surface area contributed by atoms with E-state index in [-0.39, 0.29) is 12.2 Å². The summed E-state index contributed by atoms with van der Waals surface area (Å²) in [5.74, 6) is 0.670. The number of rotatable bonds is 4. The first kappa shape index (κ1) is 17.5. The van der Waals surface area contributed by atoms with Crippen molar-refractivity contribution in [2.45, 2.75) is 33.0 Å². The quantitative estimate of drug-likeness (QED) is 0.594. The minimum atomic E-state index is -0.169. The van der Waals surface area contributed by atoms with Gasteiger partial charge in [-0.15, -0.1) is 5.06 Å². The lowest BCUT2D eigenvalue weighted by molar-refractivity contribution is -0.117. The maximum atomic E-state index is 6.28. The van der Waals surface area contributed by atoms with E-state index in [9.17, 15) is 0 Å². The minimum absolute atomic E-state index is 0.0733. The van der Waals surface area contributed by atoms with Gasteiger partial charge in [-0.2, -0.15) is 0 Å². The number of hydroxylamine groups is 2.